The largest absolute Gasteiger partial charge is 0.496 e. The molecule has 6 heteroatoms. The number of hydrogen-bond donors (Lipinski definition) is 2. The summed E-state index contributed by atoms with van der Waals surface area (Å²) in [4.78, 5) is 25.6. The molecule has 0 atom stereocenters. The molecule has 1 amide bonds. The second-order valence-corrected chi connectivity index (χ2v) is 7.08. The number of aliphatic carboxylic acids is 1. The van der Waals surface area contributed by atoms with E-state index >= 15 is 0 Å². The maximum atomic E-state index is 12.8. The van der Waals surface area contributed by atoms with Crippen LogP contribution in [0.25, 0.3) is 0 Å². The zero-order chi connectivity index (χ0) is 18.6. The van der Waals surface area contributed by atoms with Crippen molar-refractivity contribution in [1.82, 2.24) is 10.2 Å². The van der Waals surface area contributed by atoms with Crippen LogP contribution < -0.4 is 10.1 Å². The fourth-order valence-corrected chi connectivity index (χ4v) is 3.33. The Bertz CT molecular complexity index is 624. The van der Waals surface area contributed by atoms with E-state index in [0.29, 0.717) is 12.3 Å². The first-order valence-corrected chi connectivity index (χ1v) is 8.69. The molecule has 0 aromatic heterocycles. The number of carbonyl (C=O) groups is 2. The average molecular weight is 348 g/mol. The lowest BCUT2D eigenvalue weighted by molar-refractivity contribution is -0.140. The van der Waals surface area contributed by atoms with E-state index in [1.54, 1.807) is 7.11 Å². The van der Waals surface area contributed by atoms with Crippen molar-refractivity contribution in [2.45, 2.75) is 51.1 Å². The Balaban J connectivity index is 1.96. The van der Waals surface area contributed by atoms with Crippen molar-refractivity contribution in [2.24, 2.45) is 0 Å². The standard InChI is InChI=1S/C19H28N2O4/c1-5-21(12-17(22)23)14-10-13(11-14)20-18(24)19(2,3)15-8-6-7-9-16(15)25-4/h6-9,13-14H,5,10-12H2,1-4H3,(H,20,24)(H,22,23). The number of methoxy groups -OCH3 is 1. The van der Waals surface area contributed by atoms with E-state index in [2.05, 4.69) is 5.32 Å². The van der Waals surface area contributed by atoms with Gasteiger partial charge in [-0.05, 0) is 39.3 Å². The number of nitrogens with one attached hydrogen (secondary N) is 1. The van der Waals surface area contributed by atoms with Gasteiger partial charge < -0.3 is 15.2 Å². The van der Waals surface area contributed by atoms with Gasteiger partial charge in [0, 0.05) is 17.6 Å². The van der Waals surface area contributed by atoms with Crippen LogP contribution in [0, 0.1) is 0 Å². The van der Waals surface area contributed by atoms with Crippen molar-refractivity contribution in [3.05, 3.63) is 29.8 Å². The van der Waals surface area contributed by atoms with Gasteiger partial charge in [0.15, 0.2) is 0 Å². The number of hydrogen-bond acceptors (Lipinski definition) is 4. The van der Waals surface area contributed by atoms with E-state index in [4.69, 9.17) is 9.84 Å². The Kier molecular flexibility index (Phi) is 6.06. The summed E-state index contributed by atoms with van der Waals surface area (Å²) < 4.78 is 5.38. The van der Waals surface area contributed by atoms with Crippen molar-refractivity contribution < 1.29 is 19.4 Å². The first-order chi connectivity index (χ1) is 11.8. The minimum atomic E-state index is -0.813. The number of likely N-dealkylation sites (N-methyl/N-ethyl adjacent to an activating group) is 1. The lowest BCUT2D eigenvalue weighted by Crippen LogP contribution is -2.57. The molecule has 2 rings (SSSR count). The number of rotatable bonds is 8. The molecule has 0 bridgehead atoms. The van der Waals surface area contributed by atoms with Gasteiger partial charge in [-0.1, -0.05) is 25.1 Å². The molecule has 25 heavy (non-hydrogen) atoms. The first-order valence-electron chi connectivity index (χ1n) is 8.69. The van der Waals surface area contributed by atoms with E-state index < -0.39 is 11.4 Å². The highest BCUT2D eigenvalue weighted by molar-refractivity contribution is 5.88. The molecule has 0 radical (unpaired) electrons. The van der Waals surface area contributed by atoms with Crippen molar-refractivity contribution in [3.8, 4) is 5.75 Å². The number of para-hydroxylation sites is 1. The zero-order valence-electron chi connectivity index (χ0n) is 15.4. The Morgan fingerprint density at radius 1 is 1.32 bits per heavy atom. The third-order valence-electron chi connectivity index (χ3n) is 5.06. The molecule has 1 aliphatic carbocycles. The molecule has 0 aliphatic heterocycles. The number of nitrogens with zero attached hydrogens (tertiary/aromatic N) is 1. The number of amides is 1. The number of carboxylic acid groups (broad SMARTS) is 1. The maximum absolute atomic E-state index is 12.8. The molecule has 0 unspecified atom stereocenters. The van der Waals surface area contributed by atoms with Crippen LogP contribution in [-0.4, -0.2) is 54.2 Å². The number of ether oxygens (including phenoxy) is 1. The number of carboxylic acids is 1. The molecule has 1 aromatic carbocycles. The minimum absolute atomic E-state index is 0.0401. The van der Waals surface area contributed by atoms with Gasteiger partial charge in [0.2, 0.25) is 5.91 Å². The molecule has 1 aromatic rings. The Labute approximate surface area is 149 Å². The average Bonchev–Trinajstić information content (AvgIpc) is 2.55. The third kappa shape index (κ3) is 4.31. The van der Waals surface area contributed by atoms with Crippen molar-refractivity contribution in [1.29, 1.82) is 0 Å². The van der Waals surface area contributed by atoms with Crippen LogP contribution in [0.2, 0.25) is 0 Å². The van der Waals surface area contributed by atoms with Crippen LogP contribution in [0.15, 0.2) is 24.3 Å². The maximum Gasteiger partial charge on any atom is 0.317 e. The number of benzene rings is 1. The predicted octanol–water partition coefficient (Wildman–Crippen LogP) is 2.03. The SMILES string of the molecule is CCN(CC(=O)O)C1CC(NC(=O)C(C)(C)c2ccccc2OC)C1. The summed E-state index contributed by atoms with van der Waals surface area (Å²) in [7, 11) is 1.60. The summed E-state index contributed by atoms with van der Waals surface area (Å²) in [5.41, 5.74) is 0.148. The van der Waals surface area contributed by atoms with Gasteiger partial charge in [-0.2, -0.15) is 0 Å². The summed E-state index contributed by atoms with van der Waals surface area (Å²) in [5, 5.41) is 12.1. The fourth-order valence-electron chi connectivity index (χ4n) is 3.33. The smallest absolute Gasteiger partial charge is 0.317 e. The molecule has 0 saturated heterocycles. The molecular weight excluding hydrogens is 320 g/mol. The van der Waals surface area contributed by atoms with E-state index in [1.165, 1.54) is 0 Å². The molecule has 138 valence electrons. The zero-order valence-corrected chi connectivity index (χ0v) is 15.4. The minimum Gasteiger partial charge on any atom is -0.496 e. The number of carbonyl (C=O) groups excluding carboxylic acids is 1. The van der Waals surface area contributed by atoms with Crippen molar-refractivity contribution in [3.63, 3.8) is 0 Å². The Morgan fingerprint density at radius 2 is 1.96 bits per heavy atom. The Morgan fingerprint density at radius 3 is 2.52 bits per heavy atom. The molecule has 6 nitrogen and oxygen atoms in total. The highest BCUT2D eigenvalue weighted by atomic mass is 16.5. The van der Waals surface area contributed by atoms with Gasteiger partial charge in [-0.15, -0.1) is 0 Å². The summed E-state index contributed by atoms with van der Waals surface area (Å²) in [6.45, 7) is 6.48. The van der Waals surface area contributed by atoms with Gasteiger partial charge in [-0.3, -0.25) is 14.5 Å². The van der Waals surface area contributed by atoms with Gasteiger partial charge in [0.05, 0.1) is 19.1 Å². The van der Waals surface area contributed by atoms with Gasteiger partial charge in [-0.25, -0.2) is 0 Å². The molecule has 0 heterocycles. The quantitative estimate of drug-likeness (QED) is 0.751. The summed E-state index contributed by atoms with van der Waals surface area (Å²) in [6.07, 6.45) is 1.57. The molecule has 1 saturated carbocycles. The van der Waals surface area contributed by atoms with E-state index in [-0.39, 0.29) is 24.5 Å². The molecule has 2 N–H and O–H groups in total. The highest BCUT2D eigenvalue weighted by Crippen LogP contribution is 2.33. The van der Waals surface area contributed by atoms with E-state index in [0.717, 1.165) is 18.4 Å². The second-order valence-electron chi connectivity index (χ2n) is 7.08. The topological polar surface area (TPSA) is 78.9 Å². The molecule has 0 spiro atoms. The van der Waals surface area contributed by atoms with Crippen LogP contribution in [0.1, 0.15) is 39.2 Å². The van der Waals surface area contributed by atoms with Gasteiger partial charge >= 0.3 is 5.97 Å². The van der Waals surface area contributed by atoms with Crippen LogP contribution in [-0.2, 0) is 15.0 Å². The van der Waals surface area contributed by atoms with Crippen LogP contribution in [0.3, 0.4) is 0 Å². The second kappa shape index (κ2) is 7.87. The normalized spacial score (nSPS) is 20.0. The predicted molar refractivity (Wildman–Crippen MR) is 95.9 cm³/mol. The highest BCUT2D eigenvalue weighted by Gasteiger charge is 2.39. The van der Waals surface area contributed by atoms with Crippen molar-refractivity contribution >= 4 is 11.9 Å². The van der Waals surface area contributed by atoms with Crippen LogP contribution in [0.5, 0.6) is 5.75 Å². The first kappa shape index (κ1) is 19.2. The molecule has 1 aliphatic rings. The Hall–Kier alpha value is -2.08. The fraction of sp³-hybridized carbons (Fsp3) is 0.579. The summed E-state index contributed by atoms with van der Waals surface area (Å²) >= 11 is 0. The monoisotopic (exact) mass is 348 g/mol. The van der Waals surface area contributed by atoms with Crippen molar-refractivity contribution in [2.75, 3.05) is 20.2 Å². The molecular formula is C19H28N2O4. The third-order valence-corrected chi connectivity index (χ3v) is 5.06. The lowest BCUT2D eigenvalue weighted by Gasteiger charge is -2.43. The molecule has 1 fully saturated rings. The summed E-state index contributed by atoms with van der Waals surface area (Å²) in [6, 6.07) is 7.86. The van der Waals surface area contributed by atoms with E-state index in [1.807, 2.05) is 49.9 Å². The summed E-state index contributed by atoms with van der Waals surface area (Å²) in [5.74, 6) is -0.152. The van der Waals surface area contributed by atoms with Crippen LogP contribution in [0.4, 0.5) is 0 Å². The van der Waals surface area contributed by atoms with Crippen LogP contribution >= 0.6 is 0 Å². The van der Waals surface area contributed by atoms with Gasteiger partial charge in [0.1, 0.15) is 5.75 Å². The van der Waals surface area contributed by atoms with E-state index in [9.17, 15) is 9.59 Å². The van der Waals surface area contributed by atoms with Gasteiger partial charge in [0.25, 0.3) is 0 Å². The lowest BCUT2D eigenvalue weighted by atomic mass is 9.80.